The Morgan fingerprint density at radius 1 is 1.75 bits per heavy atom. The SMILES string of the molecule is CNC(=O)C[n+]1cccc(O)c1. The summed E-state index contributed by atoms with van der Waals surface area (Å²) in [6, 6.07) is 3.23. The number of rotatable bonds is 2. The highest BCUT2D eigenvalue weighted by Crippen LogP contribution is 1.99. The van der Waals surface area contributed by atoms with E-state index in [1.165, 1.54) is 6.20 Å². The number of amides is 1. The minimum Gasteiger partial charge on any atom is -0.503 e. The van der Waals surface area contributed by atoms with Gasteiger partial charge in [0, 0.05) is 13.1 Å². The molecule has 0 aliphatic carbocycles. The van der Waals surface area contributed by atoms with Gasteiger partial charge in [0.15, 0.2) is 11.9 Å². The number of carbonyl (C=O) groups excluding carboxylic acids is 1. The highest BCUT2D eigenvalue weighted by Gasteiger charge is 2.06. The Morgan fingerprint density at radius 3 is 3.08 bits per heavy atom. The predicted molar refractivity (Wildman–Crippen MR) is 42.4 cm³/mol. The zero-order valence-corrected chi connectivity index (χ0v) is 6.82. The Hall–Kier alpha value is -1.58. The average Bonchev–Trinajstić information content (AvgIpc) is 2.04. The molecule has 0 spiro atoms. The molecule has 1 amide bonds. The highest BCUT2D eigenvalue weighted by molar-refractivity contribution is 5.73. The second kappa shape index (κ2) is 3.71. The minimum absolute atomic E-state index is 0.0920. The summed E-state index contributed by atoms with van der Waals surface area (Å²) in [5, 5.41) is 11.5. The molecule has 2 N–H and O–H groups in total. The van der Waals surface area contributed by atoms with Crippen LogP contribution in [-0.4, -0.2) is 18.1 Å². The smallest absolute Gasteiger partial charge is 0.285 e. The molecular weight excluding hydrogens is 156 g/mol. The maximum atomic E-state index is 10.9. The summed E-state index contributed by atoms with van der Waals surface area (Å²) in [5.74, 6) is 0.0620. The van der Waals surface area contributed by atoms with E-state index >= 15 is 0 Å². The Balaban J connectivity index is 2.69. The fourth-order valence-corrected chi connectivity index (χ4v) is 0.851. The first-order valence-corrected chi connectivity index (χ1v) is 3.61. The lowest BCUT2D eigenvalue weighted by molar-refractivity contribution is -0.684. The van der Waals surface area contributed by atoms with Crippen LogP contribution in [0.1, 0.15) is 0 Å². The lowest BCUT2D eigenvalue weighted by Crippen LogP contribution is -2.41. The van der Waals surface area contributed by atoms with E-state index in [1.807, 2.05) is 0 Å². The fraction of sp³-hybridized carbons (Fsp3) is 0.250. The molecule has 1 aromatic heterocycles. The number of aromatic nitrogens is 1. The van der Waals surface area contributed by atoms with Gasteiger partial charge in [-0.2, -0.15) is 4.57 Å². The number of nitrogens with zero attached hydrogens (tertiary/aromatic N) is 1. The van der Waals surface area contributed by atoms with Crippen LogP contribution in [0, 0.1) is 0 Å². The van der Waals surface area contributed by atoms with Crippen LogP contribution in [0.5, 0.6) is 5.75 Å². The quantitative estimate of drug-likeness (QED) is 0.579. The first-order valence-electron chi connectivity index (χ1n) is 3.61. The van der Waals surface area contributed by atoms with E-state index in [0.717, 1.165) is 0 Å². The molecule has 0 aliphatic rings. The zero-order chi connectivity index (χ0) is 8.97. The predicted octanol–water partition coefficient (Wildman–Crippen LogP) is -0.574. The Labute approximate surface area is 70.5 Å². The summed E-state index contributed by atoms with van der Waals surface area (Å²) in [5.41, 5.74) is 0. The number of likely N-dealkylation sites (N-methyl/N-ethyl adjacent to an activating group) is 1. The van der Waals surface area contributed by atoms with Crippen molar-refractivity contribution in [2.24, 2.45) is 0 Å². The van der Waals surface area contributed by atoms with E-state index in [9.17, 15) is 4.79 Å². The van der Waals surface area contributed by atoms with Gasteiger partial charge in [-0.05, 0) is 6.07 Å². The second-order valence-corrected chi connectivity index (χ2v) is 2.41. The monoisotopic (exact) mass is 167 g/mol. The van der Waals surface area contributed by atoms with Crippen molar-refractivity contribution in [2.75, 3.05) is 7.05 Å². The lowest BCUT2D eigenvalue weighted by atomic mass is 10.4. The third-order valence-corrected chi connectivity index (χ3v) is 1.45. The molecular formula is C8H11N2O2+. The molecule has 4 heteroatoms. The number of carbonyl (C=O) groups is 1. The largest absolute Gasteiger partial charge is 0.503 e. The molecule has 4 nitrogen and oxygen atoms in total. The van der Waals surface area contributed by atoms with Crippen molar-refractivity contribution in [3.8, 4) is 5.75 Å². The number of hydrogen-bond acceptors (Lipinski definition) is 2. The topological polar surface area (TPSA) is 53.2 Å². The van der Waals surface area contributed by atoms with Crippen LogP contribution in [0.3, 0.4) is 0 Å². The van der Waals surface area contributed by atoms with Crippen LogP contribution >= 0.6 is 0 Å². The first-order chi connectivity index (χ1) is 5.72. The lowest BCUT2D eigenvalue weighted by Gasteiger charge is -1.95. The molecule has 0 unspecified atom stereocenters. The zero-order valence-electron chi connectivity index (χ0n) is 6.82. The van der Waals surface area contributed by atoms with Gasteiger partial charge in [-0.25, -0.2) is 0 Å². The van der Waals surface area contributed by atoms with Crippen molar-refractivity contribution < 1.29 is 14.5 Å². The van der Waals surface area contributed by atoms with E-state index < -0.39 is 0 Å². The van der Waals surface area contributed by atoms with E-state index in [4.69, 9.17) is 5.11 Å². The Kier molecular flexibility index (Phi) is 2.63. The standard InChI is InChI=1S/C8H10N2O2/c1-9-8(12)6-10-4-2-3-7(11)5-10/h2-5H,6H2,1H3,(H-,9,11,12)/p+1. The number of pyridine rings is 1. The molecule has 1 heterocycles. The molecule has 1 aromatic rings. The summed E-state index contributed by atoms with van der Waals surface area (Å²) in [6.45, 7) is 0.227. The van der Waals surface area contributed by atoms with Gasteiger partial charge in [0.2, 0.25) is 12.7 Å². The summed E-state index contributed by atoms with van der Waals surface area (Å²) in [7, 11) is 1.58. The molecule has 0 saturated carbocycles. The Bertz CT molecular complexity index is 286. The fourth-order valence-electron chi connectivity index (χ4n) is 0.851. The van der Waals surface area contributed by atoms with Crippen LogP contribution in [0.25, 0.3) is 0 Å². The van der Waals surface area contributed by atoms with E-state index in [2.05, 4.69) is 5.32 Å². The molecule has 64 valence electrons. The van der Waals surface area contributed by atoms with Gasteiger partial charge in [-0.15, -0.1) is 0 Å². The molecule has 0 bridgehead atoms. The second-order valence-electron chi connectivity index (χ2n) is 2.41. The van der Waals surface area contributed by atoms with Gasteiger partial charge in [-0.1, -0.05) is 0 Å². The molecule has 1 rings (SSSR count). The van der Waals surface area contributed by atoms with Gasteiger partial charge < -0.3 is 10.4 Å². The van der Waals surface area contributed by atoms with Crippen LogP contribution in [-0.2, 0) is 11.3 Å². The van der Waals surface area contributed by atoms with Crippen molar-refractivity contribution >= 4 is 5.91 Å². The Morgan fingerprint density at radius 2 is 2.50 bits per heavy atom. The number of nitrogens with one attached hydrogen (secondary N) is 1. The average molecular weight is 167 g/mol. The summed E-state index contributed by atoms with van der Waals surface area (Å²) in [4.78, 5) is 10.9. The maximum Gasteiger partial charge on any atom is 0.285 e. The van der Waals surface area contributed by atoms with Crippen molar-refractivity contribution in [3.63, 3.8) is 0 Å². The molecule has 0 saturated heterocycles. The molecule has 0 fully saturated rings. The van der Waals surface area contributed by atoms with Crippen LogP contribution in [0.2, 0.25) is 0 Å². The van der Waals surface area contributed by atoms with E-state index in [0.29, 0.717) is 0 Å². The van der Waals surface area contributed by atoms with Crippen molar-refractivity contribution in [2.45, 2.75) is 6.54 Å². The van der Waals surface area contributed by atoms with Crippen molar-refractivity contribution in [1.29, 1.82) is 0 Å². The van der Waals surface area contributed by atoms with Crippen molar-refractivity contribution in [1.82, 2.24) is 5.32 Å². The number of aromatic hydroxyl groups is 1. The third kappa shape index (κ3) is 2.23. The van der Waals surface area contributed by atoms with Gasteiger partial charge in [0.1, 0.15) is 0 Å². The maximum absolute atomic E-state index is 10.9. The van der Waals surface area contributed by atoms with Crippen molar-refractivity contribution in [3.05, 3.63) is 24.5 Å². The molecule has 0 radical (unpaired) electrons. The van der Waals surface area contributed by atoms with Gasteiger partial charge in [-0.3, -0.25) is 4.79 Å². The summed E-state index contributed by atoms with van der Waals surface area (Å²) in [6.07, 6.45) is 3.21. The van der Waals surface area contributed by atoms with Crippen LogP contribution in [0.15, 0.2) is 24.5 Å². The van der Waals surface area contributed by atoms with E-state index in [1.54, 1.807) is 29.9 Å². The van der Waals surface area contributed by atoms with Gasteiger partial charge >= 0.3 is 0 Å². The molecule has 12 heavy (non-hydrogen) atoms. The normalized spacial score (nSPS) is 9.42. The molecule has 0 aromatic carbocycles. The highest BCUT2D eigenvalue weighted by atomic mass is 16.3. The summed E-state index contributed by atoms with van der Waals surface area (Å²) < 4.78 is 1.61. The minimum atomic E-state index is -0.0920. The molecule has 0 aliphatic heterocycles. The van der Waals surface area contributed by atoms with E-state index in [-0.39, 0.29) is 18.2 Å². The first kappa shape index (κ1) is 8.52. The molecule has 0 atom stereocenters. The van der Waals surface area contributed by atoms with Gasteiger partial charge in [0.25, 0.3) is 5.91 Å². The van der Waals surface area contributed by atoms with Crippen LogP contribution < -0.4 is 9.88 Å². The number of hydrogen-bond donors (Lipinski definition) is 2. The third-order valence-electron chi connectivity index (χ3n) is 1.45. The summed E-state index contributed by atoms with van der Waals surface area (Å²) >= 11 is 0. The van der Waals surface area contributed by atoms with Crippen LogP contribution in [0.4, 0.5) is 0 Å². The van der Waals surface area contributed by atoms with Gasteiger partial charge in [0.05, 0.1) is 0 Å².